The van der Waals surface area contributed by atoms with Crippen LogP contribution in [0.4, 0.5) is 0 Å². The van der Waals surface area contributed by atoms with Crippen LogP contribution in [0.2, 0.25) is 0 Å². The summed E-state index contributed by atoms with van der Waals surface area (Å²) in [4.78, 5) is 38.0. The van der Waals surface area contributed by atoms with Gasteiger partial charge >= 0.3 is 17.9 Å². The first-order chi connectivity index (χ1) is 34.5. The van der Waals surface area contributed by atoms with Gasteiger partial charge in [0.2, 0.25) is 0 Å². The molecule has 0 fully saturated rings. The molecule has 0 saturated carbocycles. The zero-order chi connectivity index (χ0) is 50.7. The molecule has 6 nitrogen and oxygen atoms in total. The molecular weight excluding hydrogens is 865 g/mol. The van der Waals surface area contributed by atoms with Crippen LogP contribution >= 0.6 is 0 Å². The molecule has 1 atom stereocenters. The van der Waals surface area contributed by atoms with Crippen molar-refractivity contribution in [3.05, 3.63) is 72.9 Å². The van der Waals surface area contributed by atoms with E-state index >= 15 is 0 Å². The normalized spacial score (nSPS) is 12.6. The van der Waals surface area contributed by atoms with Gasteiger partial charge in [-0.05, 0) is 70.6 Å². The first kappa shape index (κ1) is 66.9. The predicted octanol–water partition coefficient (Wildman–Crippen LogP) is 20.2. The van der Waals surface area contributed by atoms with Crippen LogP contribution in [-0.4, -0.2) is 37.2 Å². The summed E-state index contributed by atoms with van der Waals surface area (Å²) in [7, 11) is 0. The third kappa shape index (κ3) is 55.8. The highest BCUT2D eigenvalue weighted by atomic mass is 16.6. The fourth-order valence-electron chi connectivity index (χ4n) is 8.51. The number of esters is 3. The Balaban J connectivity index is 4.21. The van der Waals surface area contributed by atoms with E-state index in [9.17, 15) is 14.4 Å². The van der Waals surface area contributed by atoms with Crippen LogP contribution in [0.25, 0.3) is 0 Å². The third-order valence-electron chi connectivity index (χ3n) is 13.0. The van der Waals surface area contributed by atoms with Crippen molar-refractivity contribution in [3.63, 3.8) is 0 Å². The van der Waals surface area contributed by atoms with Crippen molar-refractivity contribution >= 4 is 17.9 Å². The molecule has 1 unspecified atom stereocenters. The quantitative estimate of drug-likeness (QED) is 0.0261. The molecule has 70 heavy (non-hydrogen) atoms. The van der Waals surface area contributed by atoms with E-state index in [1.54, 1.807) is 0 Å². The zero-order valence-corrected chi connectivity index (χ0v) is 46.3. The maximum absolute atomic E-state index is 12.8. The van der Waals surface area contributed by atoms with Gasteiger partial charge < -0.3 is 14.2 Å². The highest BCUT2D eigenvalue weighted by Gasteiger charge is 2.19. The summed E-state index contributed by atoms with van der Waals surface area (Å²) in [5.41, 5.74) is 0. The molecule has 0 aliphatic heterocycles. The number of ether oxygens (including phenoxy) is 3. The lowest BCUT2D eigenvalue weighted by molar-refractivity contribution is -0.167. The van der Waals surface area contributed by atoms with Crippen molar-refractivity contribution in [2.45, 2.75) is 303 Å². The predicted molar refractivity (Wildman–Crippen MR) is 302 cm³/mol. The van der Waals surface area contributed by atoms with E-state index in [1.165, 1.54) is 161 Å². The number of allylic oxidation sites excluding steroid dienone is 12. The smallest absolute Gasteiger partial charge is 0.306 e. The van der Waals surface area contributed by atoms with Crippen molar-refractivity contribution < 1.29 is 28.6 Å². The highest BCUT2D eigenvalue weighted by Crippen LogP contribution is 2.17. The van der Waals surface area contributed by atoms with Gasteiger partial charge in [-0.1, -0.05) is 280 Å². The second-order valence-corrected chi connectivity index (χ2v) is 19.9. The van der Waals surface area contributed by atoms with Crippen molar-refractivity contribution in [1.82, 2.24) is 0 Å². The number of hydrogen-bond acceptors (Lipinski definition) is 6. The Morgan fingerprint density at radius 3 is 0.871 bits per heavy atom. The number of carbonyl (C=O) groups is 3. The molecular formula is C64H112O6. The van der Waals surface area contributed by atoms with Crippen LogP contribution in [0, 0.1) is 0 Å². The van der Waals surface area contributed by atoms with E-state index in [4.69, 9.17) is 14.2 Å². The van der Waals surface area contributed by atoms with Crippen molar-refractivity contribution in [2.75, 3.05) is 13.2 Å². The molecule has 0 saturated heterocycles. The summed E-state index contributed by atoms with van der Waals surface area (Å²) in [5.74, 6) is -0.930. The van der Waals surface area contributed by atoms with Gasteiger partial charge in [-0.2, -0.15) is 0 Å². The van der Waals surface area contributed by atoms with Crippen molar-refractivity contribution in [3.8, 4) is 0 Å². The molecule has 0 spiro atoms. The average molecular weight is 978 g/mol. The largest absolute Gasteiger partial charge is 0.462 e. The van der Waals surface area contributed by atoms with Gasteiger partial charge in [0.15, 0.2) is 6.10 Å². The standard InChI is InChI=1S/C64H112O6/c1-4-7-10-13-16-18-20-22-24-26-28-30-31-32-34-35-37-39-41-43-45-48-51-54-57-63(66)69-60-61(59-68-62(65)56-53-50-47-15-12-9-6-3)70-64(67)58-55-52-49-46-44-42-40-38-36-33-29-27-25-23-21-19-17-14-11-8-5-2/h8,11,17,19,23,25,29,33,38,40,44,46,61H,4-7,9-10,12-16,18,20-22,24,26-28,30-32,34-37,39,41-43,45,47-60H2,1-3H3/b11-8-,19-17-,25-23-,33-29-,40-38-,46-44-. The summed E-state index contributed by atoms with van der Waals surface area (Å²) in [6.07, 6.45) is 75.0. The summed E-state index contributed by atoms with van der Waals surface area (Å²) in [5, 5.41) is 0. The summed E-state index contributed by atoms with van der Waals surface area (Å²) in [6.45, 7) is 6.48. The van der Waals surface area contributed by atoms with E-state index in [2.05, 4.69) is 93.7 Å². The second-order valence-electron chi connectivity index (χ2n) is 19.9. The molecule has 0 bridgehead atoms. The van der Waals surface area contributed by atoms with Crippen LogP contribution in [0.3, 0.4) is 0 Å². The lowest BCUT2D eigenvalue weighted by atomic mass is 10.0. The zero-order valence-electron chi connectivity index (χ0n) is 46.3. The van der Waals surface area contributed by atoms with Crippen LogP contribution in [0.15, 0.2) is 72.9 Å². The molecule has 0 heterocycles. The molecule has 0 aromatic heterocycles. The SMILES string of the molecule is CC/C=C\C/C=C\C/C=C\C/C=C\C/C=C\C/C=C\CCCCC(=O)OC(COC(=O)CCCCCCCCC)COC(=O)CCCCCCCCCCCCCCCCCCCCCCCCCC. The van der Waals surface area contributed by atoms with Gasteiger partial charge in [-0.15, -0.1) is 0 Å². The summed E-state index contributed by atoms with van der Waals surface area (Å²) in [6, 6.07) is 0. The highest BCUT2D eigenvalue weighted by molar-refractivity contribution is 5.71. The first-order valence-corrected chi connectivity index (χ1v) is 29.9. The lowest BCUT2D eigenvalue weighted by Gasteiger charge is -2.18. The van der Waals surface area contributed by atoms with E-state index < -0.39 is 6.10 Å². The van der Waals surface area contributed by atoms with E-state index in [-0.39, 0.29) is 37.5 Å². The van der Waals surface area contributed by atoms with Gasteiger partial charge in [0, 0.05) is 19.3 Å². The molecule has 0 aromatic rings. The minimum Gasteiger partial charge on any atom is -0.462 e. The first-order valence-electron chi connectivity index (χ1n) is 29.9. The van der Waals surface area contributed by atoms with Crippen LogP contribution in [-0.2, 0) is 28.6 Å². The Morgan fingerprint density at radius 2 is 0.557 bits per heavy atom. The van der Waals surface area contributed by atoms with E-state index in [0.717, 1.165) is 89.9 Å². The van der Waals surface area contributed by atoms with Gasteiger partial charge in [0.1, 0.15) is 13.2 Å². The minimum absolute atomic E-state index is 0.0901. The molecule has 0 amide bonds. The van der Waals surface area contributed by atoms with Crippen LogP contribution in [0.1, 0.15) is 297 Å². The number of rotatable bonds is 54. The Bertz CT molecular complexity index is 1310. The molecule has 0 radical (unpaired) electrons. The van der Waals surface area contributed by atoms with Gasteiger partial charge in [-0.25, -0.2) is 0 Å². The maximum atomic E-state index is 12.8. The van der Waals surface area contributed by atoms with Crippen molar-refractivity contribution in [1.29, 1.82) is 0 Å². The molecule has 6 heteroatoms. The molecule has 0 aliphatic carbocycles. The average Bonchev–Trinajstić information content (AvgIpc) is 3.36. The molecule has 0 rings (SSSR count). The van der Waals surface area contributed by atoms with Gasteiger partial charge in [0.25, 0.3) is 0 Å². The Morgan fingerprint density at radius 1 is 0.300 bits per heavy atom. The van der Waals surface area contributed by atoms with Gasteiger partial charge in [0.05, 0.1) is 0 Å². The Labute approximate surface area is 433 Å². The monoisotopic (exact) mass is 977 g/mol. The lowest BCUT2D eigenvalue weighted by Crippen LogP contribution is -2.30. The molecule has 0 aliphatic rings. The molecule has 0 N–H and O–H groups in total. The van der Waals surface area contributed by atoms with E-state index in [0.29, 0.717) is 19.3 Å². The Hall–Kier alpha value is -3.15. The maximum Gasteiger partial charge on any atom is 0.306 e. The summed E-state index contributed by atoms with van der Waals surface area (Å²) >= 11 is 0. The summed E-state index contributed by atoms with van der Waals surface area (Å²) < 4.78 is 16.8. The van der Waals surface area contributed by atoms with Crippen molar-refractivity contribution in [2.24, 2.45) is 0 Å². The number of hydrogen-bond donors (Lipinski definition) is 0. The Kier molecular flexibility index (Phi) is 55.8. The molecule has 404 valence electrons. The third-order valence-corrected chi connectivity index (χ3v) is 13.0. The fourth-order valence-corrected chi connectivity index (χ4v) is 8.51. The minimum atomic E-state index is -0.794. The number of carbonyl (C=O) groups excluding carboxylic acids is 3. The second kappa shape index (κ2) is 58.4. The molecule has 0 aromatic carbocycles. The van der Waals surface area contributed by atoms with Crippen LogP contribution in [0.5, 0.6) is 0 Å². The number of unbranched alkanes of at least 4 members (excludes halogenated alkanes) is 31. The van der Waals surface area contributed by atoms with Crippen LogP contribution < -0.4 is 0 Å². The fraction of sp³-hybridized carbons (Fsp3) is 0.766. The van der Waals surface area contributed by atoms with Gasteiger partial charge in [-0.3, -0.25) is 14.4 Å². The topological polar surface area (TPSA) is 78.9 Å². The van der Waals surface area contributed by atoms with E-state index in [1.807, 2.05) is 0 Å².